The lowest BCUT2D eigenvalue weighted by Crippen LogP contribution is -2.57. The maximum Gasteiger partial charge on any atom is 0.410 e. The zero-order chi connectivity index (χ0) is 33.3. The molecule has 3 aliphatic heterocycles. The number of cyclic esters (lactones) is 1. The first kappa shape index (κ1) is 36.2. The van der Waals surface area contributed by atoms with Crippen LogP contribution in [0.5, 0.6) is 0 Å². The van der Waals surface area contributed by atoms with Gasteiger partial charge in [-0.3, -0.25) is 9.59 Å². The van der Waals surface area contributed by atoms with Crippen LogP contribution in [-0.2, 0) is 33.4 Å². The van der Waals surface area contributed by atoms with Crippen molar-refractivity contribution in [3.05, 3.63) is 0 Å². The third-order valence-corrected chi connectivity index (χ3v) is 10.1. The average molecular weight is 626 g/mol. The summed E-state index contributed by atoms with van der Waals surface area (Å²) in [6, 6.07) is -0.712. The number of fused-ring (bicyclic) bond motifs is 1. The smallest absolute Gasteiger partial charge is 0.410 e. The molecule has 3 fully saturated rings. The molecule has 44 heavy (non-hydrogen) atoms. The van der Waals surface area contributed by atoms with Crippen LogP contribution in [0.2, 0.25) is 0 Å². The Morgan fingerprint density at radius 3 is 2.25 bits per heavy atom. The number of carbonyl (C=O) groups excluding carboxylic acids is 3. The van der Waals surface area contributed by atoms with Crippen molar-refractivity contribution in [3.8, 4) is 0 Å². The van der Waals surface area contributed by atoms with Crippen molar-refractivity contribution in [1.29, 1.82) is 0 Å². The highest BCUT2D eigenvalue weighted by Crippen LogP contribution is 2.41. The summed E-state index contributed by atoms with van der Waals surface area (Å²) in [5.41, 5.74) is -0.496. The van der Waals surface area contributed by atoms with Crippen LogP contribution in [0, 0.1) is 29.6 Å². The standard InChI is InChI=1S/C32H55N3O9/c1-13-35-28-19(5)24(33-40-12)16(2)14-17(3)27(43-30-26(37)23(34(10)11)15-18(4)41-30)20(6)25(36)21(7)29(38)42-22(8)32(28,9)44-31(35)39/h16-23,26-28,30,37H,13-15H2,1-12H3/b33-24-/t16-,17+,18-,19+,20-,21-,22-,23?,26?,27?,28?,30?,32-/m1/s1. The summed E-state index contributed by atoms with van der Waals surface area (Å²) in [7, 11) is 5.29. The molecule has 12 heteroatoms. The molecule has 0 radical (unpaired) electrons. The third kappa shape index (κ3) is 7.08. The monoisotopic (exact) mass is 625 g/mol. The molecule has 0 aromatic carbocycles. The number of hydrogen-bond acceptors (Lipinski definition) is 11. The summed E-state index contributed by atoms with van der Waals surface area (Å²) in [4.78, 5) is 49.3. The first-order valence-electron chi connectivity index (χ1n) is 16.0. The molecule has 5 unspecified atom stereocenters. The molecule has 0 aromatic rings. The number of nitrogens with zero attached hydrogens (tertiary/aromatic N) is 3. The van der Waals surface area contributed by atoms with Crippen molar-refractivity contribution in [2.75, 3.05) is 27.7 Å². The molecule has 13 atom stereocenters. The number of Topliss-reactive ketones (excluding diaryl/α,β-unsaturated/α-hetero) is 1. The van der Waals surface area contributed by atoms with Gasteiger partial charge in [0.2, 0.25) is 0 Å². The van der Waals surface area contributed by atoms with Gasteiger partial charge in [-0.15, -0.1) is 0 Å². The Morgan fingerprint density at radius 1 is 1.05 bits per heavy atom. The Labute approximate surface area is 262 Å². The van der Waals surface area contributed by atoms with E-state index in [0.717, 1.165) is 0 Å². The molecule has 3 heterocycles. The van der Waals surface area contributed by atoms with Crippen molar-refractivity contribution in [3.63, 3.8) is 0 Å². The van der Waals surface area contributed by atoms with E-state index in [1.807, 2.05) is 53.6 Å². The summed E-state index contributed by atoms with van der Waals surface area (Å²) >= 11 is 0. The molecule has 3 aliphatic rings. The van der Waals surface area contributed by atoms with Crippen LogP contribution in [0.25, 0.3) is 0 Å². The fraction of sp³-hybridized carbons (Fsp3) is 0.875. The first-order chi connectivity index (χ1) is 20.5. The van der Waals surface area contributed by atoms with E-state index in [0.29, 0.717) is 25.1 Å². The van der Waals surface area contributed by atoms with E-state index in [2.05, 4.69) is 5.16 Å². The Bertz CT molecular complexity index is 1070. The van der Waals surface area contributed by atoms with Gasteiger partial charge >= 0.3 is 12.1 Å². The van der Waals surface area contributed by atoms with Crippen LogP contribution in [0.3, 0.4) is 0 Å². The number of aliphatic hydroxyl groups is 1. The Hall–Kier alpha value is -2.28. The molecular formula is C32H55N3O9. The van der Waals surface area contributed by atoms with Crippen LogP contribution in [-0.4, -0.2) is 115 Å². The van der Waals surface area contributed by atoms with E-state index in [-0.39, 0.29) is 35.7 Å². The van der Waals surface area contributed by atoms with Crippen LogP contribution in [0.1, 0.15) is 75.2 Å². The molecule has 3 saturated heterocycles. The molecule has 0 aromatic heterocycles. The molecular weight excluding hydrogens is 570 g/mol. The van der Waals surface area contributed by atoms with Crippen LogP contribution < -0.4 is 0 Å². The topological polar surface area (TPSA) is 136 Å². The first-order valence-corrected chi connectivity index (χ1v) is 16.0. The number of ether oxygens (including phenoxy) is 4. The number of oxime groups is 1. The largest absolute Gasteiger partial charge is 0.458 e. The Kier molecular flexibility index (Phi) is 11.9. The van der Waals surface area contributed by atoms with Gasteiger partial charge in [0.15, 0.2) is 17.7 Å². The minimum Gasteiger partial charge on any atom is -0.458 e. The van der Waals surface area contributed by atoms with Crippen molar-refractivity contribution in [1.82, 2.24) is 9.80 Å². The fourth-order valence-corrected chi connectivity index (χ4v) is 7.47. The summed E-state index contributed by atoms with van der Waals surface area (Å²) in [5, 5.41) is 15.7. The van der Waals surface area contributed by atoms with Gasteiger partial charge in [-0.25, -0.2) is 4.79 Å². The molecule has 3 rings (SSSR count). The number of likely N-dealkylation sites (N-methyl/N-ethyl adjacent to an activating group) is 2. The molecule has 252 valence electrons. The normalized spacial score (nSPS) is 43.8. The molecule has 1 N–H and O–H groups in total. The molecule has 0 saturated carbocycles. The Morgan fingerprint density at radius 2 is 1.68 bits per heavy atom. The second kappa shape index (κ2) is 14.4. The quantitative estimate of drug-likeness (QED) is 0.275. The van der Waals surface area contributed by atoms with Crippen LogP contribution in [0.15, 0.2) is 5.16 Å². The zero-order valence-electron chi connectivity index (χ0n) is 28.6. The van der Waals surface area contributed by atoms with Crippen LogP contribution >= 0.6 is 0 Å². The highest BCUT2D eigenvalue weighted by Gasteiger charge is 2.58. The van der Waals surface area contributed by atoms with Gasteiger partial charge in [0.25, 0.3) is 0 Å². The van der Waals surface area contributed by atoms with Crippen molar-refractivity contribution in [2.24, 2.45) is 34.7 Å². The second-order valence-electron chi connectivity index (χ2n) is 13.5. The molecule has 12 nitrogen and oxygen atoms in total. The lowest BCUT2D eigenvalue weighted by molar-refractivity contribution is -0.278. The van der Waals surface area contributed by atoms with Gasteiger partial charge in [0.05, 0.1) is 24.0 Å². The number of hydrogen-bond donors (Lipinski definition) is 1. The molecule has 0 aliphatic carbocycles. The Balaban J connectivity index is 2.07. The van der Waals surface area contributed by atoms with E-state index < -0.39 is 60.1 Å². The van der Waals surface area contributed by atoms with Gasteiger partial charge in [-0.05, 0) is 73.4 Å². The molecule has 1 amide bonds. The molecule has 0 bridgehead atoms. The second-order valence-corrected chi connectivity index (χ2v) is 13.5. The number of carbonyl (C=O) groups is 3. The average Bonchev–Trinajstić information content (AvgIpc) is 3.23. The van der Waals surface area contributed by atoms with E-state index in [4.69, 9.17) is 23.8 Å². The third-order valence-electron chi connectivity index (χ3n) is 10.1. The van der Waals surface area contributed by atoms with Gasteiger partial charge in [0, 0.05) is 24.4 Å². The number of rotatable bonds is 5. The lowest BCUT2D eigenvalue weighted by atomic mass is 9.74. The van der Waals surface area contributed by atoms with Crippen molar-refractivity contribution < 1.29 is 43.3 Å². The van der Waals surface area contributed by atoms with E-state index in [1.165, 1.54) is 14.0 Å². The van der Waals surface area contributed by atoms with Gasteiger partial charge < -0.3 is 38.7 Å². The van der Waals surface area contributed by atoms with Gasteiger partial charge in [0.1, 0.15) is 25.2 Å². The predicted molar refractivity (Wildman–Crippen MR) is 164 cm³/mol. The summed E-state index contributed by atoms with van der Waals surface area (Å²) in [6.07, 6.45) is -2.94. The van der Waals surface area contributed by atoms with Crippen molar-refractivity contribution >= 4 is 23.6 Å². The number of amides is 1. The van der Waals surface area contributed by atoms with Crippen molar-refractivity contribution in [2.45, 2.75) is 124 Å². The van der Waals surface area contributed by atoms with Gasteiger partial charge in [-0.2, -0.15) is 0 Å². The van der Waals surface area contributed by atoms with Crippen LogP contribution in [0.4, 0.5) is 4.79 Å². The minimum atomic E-state index is -1.21. The lowest BCUT2D eigenvalue weighted by Gasteiger charge is -2.44. The summed E-state index contributed by atoms with van der Waals surface area (Å²) in [6.45, 7) is 16.9. The van der Waals surface area contributed by atoms with E-state index in [1.54, 1.807) is 25.7 Å². The number of ketones is 1. The zero-order valence-corrected chi connectivity index (χ0v) is 28.6. The van der Waals surface area contributed by atoms with E-state index >= 15 is 0 Å². The summed E-state index contributed by atoms with van der Waals surface area (Å²) < 4.78 is 24.4. The fourth-order valence-electron chi connectivity index (χ4n) is 7.47. The highest BCUT2D eigenvalue weighted by molar-refractivity contribution is 6.00. The minimum absolute atomic E-state index is 0.157. The summed E-state index contributed by atoms with van der Waals surface area (Å²) in [5.74, 6) is -3.59. The highest BCUT2D eigenvalue weighted by atomic mass is 16.7. The number of aliphatic hydroxyl groups excluding tert-OH is 1. The number of esters is 1. The SMILES string of the molecule is CCN1C(=O)O[C@@]2(C)C1[C@@H](C)/C(=N\OC)[C@H](C)C[C@H](C)C(OC1O[C@H](C)CC(N(C)C)C1O)[C@H](C)C(=O)[C@@H](C)C(=O)O[C@@H]2C. The molecule has 0 spiro atoms. The van der Waals surface area contributed by atoms with Gasteiger partial charge in [-0.1, -0.05) is 32.9 Å². The maximum atomic E-state index is 13.9. The maximum absolute atomic E-state index is 13.9. The van der Waals surface area contributed by atoms with E-state index in [9.17, 15) is 19.5 Å². The predicted octanol–water partition coefficient (Wildman–Crippen LogP) is 3.48.